The van der Waals surface area contributed by atoms with Crippen molar-refractivity contribution in [1.29, 1.82) is 0 Å². The summed E-state index contributed by atoms with van der Waals surface area (Å²) in [7, 11) is 0. The van der Waals surface area contributed by atoms with E-state index < -0.39 is 17.7 Å². The molecule has 2 saturated heterocycles. The van der Waals surface area contributed by atoms with E-state index >= 15 is 0 Å². The minimum absolute atomic E-state index is 0.0277. The van der Waals surface area contributed by atoms with Gasteiger partial charge in [0.05, 0.1) is 31.4 Å². The van der Waals surface area contributed by atoms with Gasteiger partial charge in [-0.2, -0.15) is 0 Å². The Morgan fingerprint density at radius 1 is 1.00 bits per heavy atom. The SMILES string of the molecule is CCCOc1ccc(C(O)=C2C(=O)C(=O)N(CCCN3CCOCC3)[C@H]2c2ccc(C(C)(C)C)cc2)cc1. The van der Waals surface area contributed by atoms with Gasteiger partial charge in [-0.25, -0.2) is 0 Å². The number of hydrogen-bond acceptors (Lipinski definition) is 6. The molecule has 1 atom stereocenters. The zero-order valence-electron chi connectivity index (χ0n) is 23.0. The molecule has 0 unspecified atom stereocenters. The first-order valence-electron chi connectivity index (χ1n) is 13.6. The molecule has 1 N–H and O–H groups in total. The molecule has 2 heterocycles. The summed E-state index contributed by atoms with van der Waals surface area (Å²) in [4.78, 5) is 30.6. The summed E-state index contributed by atoms with van der Waals surface area (Å²) < 4.78 is 11.1. The number of Topliss-reactive ketones (excluding diaryl/α,β-unsaturated/α-hetero) is 1. The number of aliphatic hydroxyl groups excluding tert-OH is 1. The van der Waals surface area contributed by atoms with Crippen molar-refractivity contribution in [2.75, 3.05) is 46.0 Å². The van der Waals surface area contributed by atoms with Gasteiger partial charge in [-0.05, 0) is 53.6 Å². The molecule has 38 heavy (non-hydrogen) atoms. The quantitative estimate of drug-likeness (QED) is 0.287. The monoisotopic (exact) mass is 520 g/mol. The van der Waals surface area contributed by atoms with Crippen molar-refractivity contribution in [2.24, 2.45) is 0 Å². The van der Waals surface area contributed by atoms with Crippen LogP contribution in [-0.2, 0) is 19.7 Å². The van der Waals surface area contributed by atoms with Gasteiger partial charge in [0, 0.05) is 31.7 Å². The predicted molar refractivity (Wildman–Crippen MR) is 148 cm³/mol. The summed E-state index contributed by atoms with van der Waals surface area (Å²) in [5.74, 6) is -0.682. The van der Waals surface area contributed by atoms with Crippen molar-refractivity contribution in [3.63, 3.8) is 0 Å². The van der Waals surface area contributed by atoms with Crippen molar-refractivity contribution < 1.29 is 24.2 Å². The number of carbonyl (C=O) groups excluding carboxylic acids is 2. The Hall–Kier alpha value is -3.16. The van der Waals surface area contributed by atoms with Crippen LogP contribution < -0.4 is 4.74 Å². The van der Waals surface area contributed by atoms with Gasteiger partial charge in [-0.15, -0.1) is 0 Å². The highest BCUT2D eigenvalue weighted by atomic mass is 16.5. The molecule has 4 rings (SSSR count). The van der Waals surface area contributed by atoms with E-state index in [2.05, 4.69) is 25.7 Å². The number of ketones is 1. The number of amides is 1. The van der Waals surface area contributed by atoms with E-state index in [4.69, 9.17) is 9.47 Å². The Kier molecular flexibility index (Phi) is 8.90. The van der Waals surface area contributed by atoms with Crippen LogP contribution >= 0.6 is 0 Å². The molecule has 7 heteroatoms. The summed E-state index contributed by atoms with van der Waals surface area (Å²) in [6.45, 7) is 13.5. The fourth-order valence-electron chi connectivity index (χ4n) is 5.00. The number of aliphatic hydroxyl groups is 1. The van der Waals surface area contributed by atoms with Crippen LogP contribution in [0.2, 0.25) is 0 Å². The molecule has 7 nitrogen and oxygen atoms in total. The molecule has 0 saturated carbocycles. The van der Waals surface area contributed by atoms with E-state index in [9.17, 15) is 14.7 Å². The zero-order chi connectivity index (χ0) is 27.3. The first-order chi connectivity index (χ1) is 18.2. The maximum absolute atomic E-state index is 13.4. The lowest BCUT2D eigenvalue weighted by Gasteiger charge is -2.29. The molecular formula is C31H40N2O5. The van der Waals surface area contributed by atoms with Gasteiger partial charge < -0.3 is 19.5 Å². The highest BCUT2D eigenvalue weighted by molar-refractivity contribution is 6.46. The number of likely N-dealkylation sites (tertiary alicyclic amines) is 1. The Bertz CT molecular complexity index is 1140. The maximum Gasteiger partial charge on any atom is 0.295 e. The molecular weight excluding hydrogens is 480 g/mol. The number of hydrogen-bond donors (Lipinski definition) is 1. The molecule has 0 bridgehead atoms. The molecule has 2 fully saturated rings. The van der Waals surface area contributed by atoms with E-state index in [1.54, 1.807) is 29.2 Å². The Balaban J connectivity index is 1.66. The second kappa shape index (κ2) is 12.1. The third kappa shape index (κ3) is 6.27. The largest absolute Gasteiger partial charge is 0.507 e. The number of rotatable bonds is 9. The number of ether oxygens (including phenoxy) is 2. The second-order valence-electron chi connectivity index (χ2n) is 11.0. The van der Waals surface area contributed by atoms with Crippen molar-refractivity contribution in [2.45, 2.75) is 52.0 Å². The lowest BCUT2D eigenvalue weighted by atomic mass is 9.85. The van der Waals surface area contributed by atoms with Gasteiger partial charge >= 0.3 is 0 Å². The minimum atomic E-state index is -0.648. The van der Waals surface area contributed by atoms with E-state index in [0.29, 0.717) is 37.7 Å². The highest BCUT2D eigenvalue weighted by Gasteiger charge is 2.45. The molecule has 2 aromatic carbocycles. The van der Waals surface area contributed by atoms with Crippen LogP contribution in [0.3, 0.4) is 0 Å². The van der Waals surface area contributed by atoms with Crippen molar-refractivity contribution in [3.8, 4) is 5.75 Å². The van der Waals surface area contributed by atoms with Gasteiger partial charge in [0.2, 0.25) is 0 Å². The molecule has 204 valence electrons. The topological polar surface area (TPSA) is 79.3 Å². The minimum Gasteiger partial charge on any atom is -0.507 e. The van der Waals surface area contributed by atoms with Crippen LogP contribution in [0.1, 0.15) is 63.3 Å². The Morgan fingerprint density at radius 3 is 2.26 bits per heavy atom. The first kappa shape index (κ1) is 27.9. The van der Waals surface area contributed by atoms with E-state index in [1.165, 1.54) is 0 Å². The molecule has 1 amide bonds. The van der Waals surface area contributed by atoms with Gasteiger partial charge in [0.1, 0.15) is 11.5 Å². The molecule has 0 aromatic heterocycles. The summed E-state index contributed by atoms with van der Waals surface area (Å²) in [6.07, 6.45) is 1.62. The fraction of sp³-hybridized carbons (Fsp3) is 0.484. The highest BCUT2D eigenvalue weighted by Crippen LogP contribution is 2.40. The smallest absolute Gasteiger partial charge is 0.295 e. The van der Waals surface area contributed by atoms with Gasteiger partial charge in [-0.3, -0.25) is 14.5 Å². The van der Waals surface area contributed by atoms with Gasteiger partial charge in [0.15, 0.2) is 0 Å². The van der Waals surface area contributed by atoms with Crippen LogP contribution in [0.5, 0.6) is 5.75 Å². The predicted octanol–water partition coefficient (Wildman–Crippen LogP) is 4.92. The first-order valence-corrected chi connectivity index (χ1v) is 13.6. The van der Waals surface area contributed by atoms with Gasteiger partial charge in [0.25, 0.3) is 11.7 Å². The van der Waals surface area contributed by atoms with Crippen LogP contribution in [-0.4, -0.2) is 72.6 Å². The maximum atomic E-state index is 13.4. The van der Waals surface area contributed by atoms with Crippen LogP contribution in [0.4, 0.5) is 0 Å². The molecule has 2 aliphatic rings. The number of nitrogens with zero attached hydrogens (tertiary/aromatic N) is 2. The van der Waals surface area contributed by atoms with E-state index in [-0.39, 0.29) is 16.7 Å². The number of benzene rings is 2. The van der Waals surface area contributed by atoms with Crippen LogP contribution in [0.25, 0.3) is 5.76 Å². The van der Waals surface area contributed by atoms with Crippen molar-refractivity contribution in [3.05, 3.63) is 70.8 Å². The molecule has 0 aliphatic carbocycles. The molecule has 0 spiro atoms. The normalized spacial score (nSPS) is 20.2. The van der Waals surface area contributed by atoms with Crippen molar-refractivity contribution in [1.82, 2.24) is 9.80 Å². The average Bonchev–Trinajstić information content (AvgIpc) is 3.17. The summed E-state index contributed by atoms with van der Waals surface area (Å²) in [5, 5.41) is 11.4. The second-order valence-corrected chi connectivity index (χ2v) is 11.0. The third-order valence-corrected chi connectivity index (χ3v) is 7.21. The third-order valence-electron chi connectivity index (χ3n) is 7.21. The average molecular weight is 521 g/mol. The van der Waals surface area contributed by atoms with Gasteiger partial charge in [-0.1, -0.05) is 52.0 Å². The Labute approximate surface area is 226 Å². The van der Waals surface area contributed by atoms with Crippen molar-refractivity contribution >= 4 is 17.4 Å². The molecule has 2 aromatic rings. The zero-order valence-corrected chi connectivity index (χ0v) is 23.0. The number of carbonyl (C=O) groups is 2. The fourth-order valence-corrected chi connectivity index (χ4v) is 5.00. The number of morpholine rings is 1. The lowest BCUT2D eigenvalue weighted by molar-refractivity contribution is -0.140. The molecule has 0 radical (unpaired) electrons. The van der Waals surface area contributed by atoms with E-state index in [0.717, 1.165) is 43.6 Å². The summed E-state index contributed by atoms with van der Waals surface area (Å²) in [5.41, 5.74) is 2.56. The van der Waals surface area contributed by atoms with E-state index in [1.807, 2.05) is 31.2 Å². The Morgan fingerprint density at radius 2 is 1.66 bits per heavy atom. The summed E-state index contributed by atoms with van der Waals surface area (Å²) >= 11 is 0. The van der Waals surface area contributed by atoms with Crippen LogP contribution in [0, 0.1) is 0 Å². The molecule has 2 aliphatic heterocycles. The van der Waals surface area contributed by atoms with Crippen LogP contribution in [0.15, 0.2) is 54.1 Å². The standard InChI is InChI=1S/C31H40N2O5/c1-5-19-38-25-13-9-23(10-14-25)28(34)26-27(22-7-11-24(12-8-22)31(2,3)4)33(30(36)29(26)35)16-6-15-32-17-20-37-21-18-32/h7-14,27,34H,5-6,15-21H2,1-4H3/t27-/m0/s1. The summed E-state index contributed by atoms with van der Waals surface area (Å²) in [6, 6.07) is 14.4. The lowest BCUT2D eigenvalue weighted by Crippen LogP contribution is -2.39.